The lowest BCUT2D eigenvalue weighted by molar-refractivity contribution is -0.158. The summed E-state index contributed by atoms with van der Waals surface area (Å²) in [5.41, 5.74) is 1.30. The SMILES string of the molecule is CC(C[Si](C)(C)C)OC(=O)C1CC2CC1C(C)C2C.CC(C[Si](C)(C)C)OC(=O)C1CC2CC1C1C3CC(C(C)C3C)C21.CCC(C)(C)C(=O)OC(C)C[Si](C)(C)C.CCC(C)(C)c1ccc(OC(C)C[Si](C)(C)C)cc1. The molecule has 0 aliphatic heterocycles. The highest BCUT2D eigenvalue weighted by molar-refractivity contribution is 6.77. The van der Waals surface area contributed by atoms with Crippen LogP contribution in [0.15, 0.2) is 24.3 Å². The Morgan fingerprint density at radius 1 is 0.481 bits per heavy atom. The summed E-state index contributed by atoms with van der Waals surface area (Å²) in [4.78, 5) is 37.0. The third-order valence-electron chi connectivity index (χ3n) is 20.2. The second-order valence-electron chi connectivity index (χ2n) is 32.9. The molecule has 18 unspecified atom stereocenters. The van der Waals surface area contributed by atoms with Crippen LogP contribution >= 0.6 is 0 Å². The van der Waals surface area contributed by atoms with Crippen LogP contribution in [0.25, 0.3) is 0 Å². The smallest absolute Gasteiger partial charge is 0.311 e. The van der Waals surface area contributed by atoms with Crippen molar-refractivity contribution < 1.29 is 33.3 Å². The molecule has 6 saturated carbocycles. The van der Waals surface area contributed by atoms with Crippen molar-refractivity contribution in [2.45, 2.75) is 274 Å². The summed E-state index contributed by atoms with van der Waals surface area (Å²) >= 11 is 0. The van der Waals surface area contributed by atoms with Crippen LogP contribution < -0.4 is 4.74 Å². The predicted octanol–water partition coefficient (Wildman–Crippen LogP) is 18.4. The summed E-state index contributed by atoms with van der Waals surface area (Å²) in [7, 11) is -4.49. The highest BCUT2D eigenvalue weighted by atomic mass is 28.3. The first-order valence-electron chi connectivity index (χ1n) is 31.5. The summed E-state index contributed by atoms with van der Waals surface area (Å²) in [5, 5.41) is 0. The van der Waals surface area contributed by atoms with Crippen LogP contribution in [-0.4, -0.2) is 74.6 Å². The number of esters is 3. The molecule has 6 fully saturated rings. The third kappa shape index (κ3) is 19.2. The number of ether oxygens (including phenoxy) is 4. The van der Waals surface area contributed by atoms with Gasteiger partial charge in [0.25, 0.3) is 0 Å². The van der Waals surface area contributed by atoms with Crippen molar-refractivity contribution in [2.75, 3.05) is 0 Å². The van der Waals surface area contributed by atoms with Crippen molar-refractivity contribution in [1.82, 2.24) is 0 Å². The molecule has 0 N–H and O–H groups in total. The van der Waals surface area contributed by atoms with Crippen LogP contribution in [0, 0.1) is 88.3 Å². The van der Waals surface area contributed by atoms with E-state index in [4.69, 9.17) is 18.9 Å². The van der Waals surface area contributed by atoms with Gasteiger partial charge in [0.1, 0.15) is 5.75 Å². The van der Waals surface area contributed by atoms with Gasteiger partial charge in [-0.15, -0.1) is 0 Å². The Labute approximate surface area is 479 Å². The number of benzene rings is 1. The number of carbonyl (C=O) groups is 3. The Morgan fingerprint density at radius 3 is 1.29 bits per heavy atom. The summed E-state index contributed by atoms with van der Waals surface area (Å²) < 4.78 is 23.2. The Morgan fingerprint density at radius 2 is 0.870 bits per heavy atom. The zero-order valence-electron chi connectivity index (χ0n) is 54.8. The van der Waals surface area contributed by atoms with Crippen LogP contribution in [0.5, 0.6) is 5.75 Å². The van der Waals surface area contributed by atoms with Crippen molar-refractivity contribution in [1.29, 1.82) is 0 Å². The van der Waals surface area contributed by atoms with E-state index in [1.54, 1.807) is 0 Å². The summed E-state index contributed by atoms with van der Waals surface area (Å²) in [5.74, 6) is 11.4. The van der Waals surface area contributed by atoms with Crippen LogP contribution in [-0.2, 0) is 34.0 Å². The van der Waals surface area contributed by atoms with Crippen molar-refractivity contribution in [3.8, 4) is 5.75 Å². The van der Waals surface area contributed by atoms with E-state index in [-0.39, 0.29) is 58.9 Å². The molecule has 0 spiro atoms. The maximum atomic E-state index is 12.9. The van der Waals surface area contributed by atoms with Gasteiger partial charge in [0, 0.05) is 32.3 Å². The van der Waals surface area contributed by atoms with Gasteiger partial charge in [0.15, 0.2) is 0 Å². The van der Waals surface area contributed by atoms with E-state index in [9.17, 15) is 14.4 Å². The molecular weight excluding hydrogens is 1020 g/mol. The van der Waals surface area contributed by atoms with E-state index >= 15 is 0 Å². The average Bonchev–Trinajstić information content (AvgIpc) is 4.13. The Balaban J connectivity index is 0.000000225. The minimum absolute atomic E-state index is 0.0595. The van der Waals surface area contributed by atoms with Gasteiger partial charge >= 0.3 is 17.9 Å². The fraction of sp³-hybridized carbons (Fsp3) is 0.864. The number of hydrogen-bond acceptors (Lipinski definition) is 7. The zero-order valence-corrected chi connectivity index (χ0v) is 58.8. The second-order valence-corrected chi connectivity index (χ2v) is 55.0. The quantitative estimate of drug-likeness (QED) is 0.0590. The topological polar surface area (TPSA) is 88.1 Å². The number of fused-ring (bicyclic) bond motifs is 11. The molecule has 0 aromatic heterocycles. The Bertz CT molecular complexity index is 2040. The molecule has 18 atom stereocenters. The minimum Gasteiger partial charge on any atom is -0.491 e. The van der Waals surface area contributed by atoms with E-state index in [0.717, 1.165) is 103 Å². The van der Waals surface area contributed by atoms with Gasteiger partial charge < -0.3 is 18.9 Å². The van der Waals surface area contributed by atoms with Gasteiger partial charge in [-0.1, -0.05) is 146 Å². The van der Waals surface area contributed by atoms with Crippen molar-refractivity contribution in [3.05, 3.63) is 29.8 Å². The lowest BCUT2D eigenvalue weighted by Crippen LogP contribution is -2.41. The van der Waals surface area contributed by atoms with E-state index in [1.165, 1.54) is 30.9 Å². The molecule has 6 bridgehead atoms. The summed E-state index contributed by atoms with van der Waals surface area (Å²) in [6.07, 6.45) is 8.82. The molecule has 6 aliphatic carbocycles. The normalized spacial score (nSPS) is 31.8. The van der Waals surface area contributed by atoms with Crippen molar-refractivity contribution >= 4 is 50.2 Å². The molecule has 7 rings (SSSR count). The molecule has 7 nitrogen and oxygen atoms in total. The zero-order chi connectivity index (χ0) is 58.7. The third-order valence-corrected chi connectivity index (χ3v) is 27.4. The van der Waals surface area contributed by atoms with E-state index in [2.05, 4.69) is 172 Å². The largest absolute Gasteiger partial charge is 0.491 e. The molecular formula is C66H122O7Si4. The molecule has 0 amide bonds. The Hall–Kier alpha value is -1.70. The van der Waals surface area contributed by atoms with Gasteiger partial charge in [0.05, 0.1) is 41.7 Å². The number of carbonyl (C=O) groups excluding carboxylic acids is 3. The van der Waals surface area contributed by atoms with Gasteiger partial charge in [-0.05, 0) is 205 Å². The minimum atomic E-state index is -1.17. The molecule has 1 aromatic carbocycles. The predicted molar refractivity (Wildman–Crippen MR) is 338 cm³/mol. The molecule has 0 radical (unpaired) electrons. The van der Waals surface area contributed by atoms with Crippen LogP contribution in [0.4, 0.5) is 0 Å². The monoisotopic (exact) mass is 1140 g/mol. The average molecular weight is 1140 g/mol. The molecule has 6 aliphatic rings. The van der Waals surface area contributed by atoms with Crippen molar-refractivity contribution in [2.24, 2.45) is 88.3 Å². The van der Waals surface area contributed by atoms with Crippen molar-refractivity contribution in [3.63, 3.8) is 0 Å². The molecule has 1 aromatic rings. The van der Waals surface area contributed by atoms with Crippen LogP contribution in [0.3, 0.4) is 0 Å². The maximum absolute atomic E-state index is 12.9. The standard InChI is InChI=1S/C21H36O2Si.C17H30OSi.C16H30O2Si.C12H26O2Si/c1-11(10-24(4,5)6)23-21(22)18-8-14-7-17(18)20-16-9-15(19(14)20)12(2)13(16)3;1-8-17(3,4)15-9-11-16(12-10-15)18-14(2)13-19(5,6)7;1-10(9-19(4,5)6)18-16(17)15-8-13-7-14(15)12(3)11(13)2;1-8-12(3,4)11(13)14-10(2)9-15(5,6)7/h11-20H,7-10H2,1-6H3;9-12,14H,8,13H2,1-7H3;10-15H,7-9H2,1-6H3;10H,8-9H2,1-7H3. The van der Waals surface area contributed by atoms with Gasteiger partial charge in [-0.25, -0.2) is 0 Å². The molecule has 0 heterocycles. The van der Waals surface area contributed by atoms with E-state index in [0.29, 0.717) is 23.9 Å². The Kier molecular flexibility index (Phi) is 23.5. The number of rotatable bonds is 19. The second kappa shape index (κ2) is 26.7. The van der Waals surface area contributed by atoms with E-state index < -0.39 is 32.3 Å². The highest BCUT2D eigenvalue weighted by Gasteiger charge is 2.67. The molecule has 11 heteroatoms. The van der Waals surface area contributed by atoms with Gasteiger partial charge in [-0.3, -0.25) is 14.4 Å². The van der Waals surface area contributed by atoms with Gasteiger partial charge in [0.2, 0.25) is 0 Å². The summed E-state index contributed by atoms with van der Waals surface area (Å²) in [6.45, 7) is 58.8. The van der Waals surface area contributed by atoms with Gasteiger partial charge in [-0.2, -0.15) is 0 Å². The lowest BCUT2D eigenvalue weighted by Gasteiger charge is -2.43. The molecule has 0 saturated heterocycles. The van der Waals surface area contributed by atoms with Crippen LogP contribution in [0.1, 0.15) is 147 Å². The first-order chi connectivity index (χ1) is 35.1. The first-order valence-corrected chi connectivity index (χ1v) is 46.3. The fourth-order valence-corrected chi connectivity index (χ4v) is 23.0. The van der Waals surface area contributed by atoms with E-state index in [1.807, 2.05) is 27.7 Å². The maximum Gasteiger partial charge on any atom is 0.311 e. The first kappa shape index (κ1) is 67.8. The lowest BCUT2D eigenvalue weighted by atomic mass is 9.62. The van der Waals surface area contributed by atoms with Crippen LogP contribution in [0.2, 0.25) is 103 Å². The molecule has 444 valence electrons. The molecule has 77 heavy (non-hydrogen) atoms. The summed E-state index contributed by atoms with van der Waals surface area (Å²) in [6, 6.07) is 13.1. The highest BCUT2D eigenvalue weighted by Crippen LogP contribution is 2.71. The fourth-order valence-electron chi connectivity index (χ4n) is 15.8. The number of hydrogen-bond donors (Lipinski definition) is 0.